The van der Waals surface area contributed by atoms with E-state index in [1.165, 1.54) is 12.1 Å². The fourth-order valence-electron chi connectivity index (χ4n) is 6.64. The highest BCUT2D eigenvalue weighted by atomic mass is 19.1. The summed E-state index contributed by atoms with van der Waals surface area (Å²) in [5, 5.41) is 2.14. The fraction of sp³-hybridized carbons (Fsp3) is 0.0244. The van der Waals surface area contributed by atoms with Crippen molar-refractivity contribution in [1.82, 2.24) is 14.5 Å². The molecule has 0 saturated carbocycles. The standard InChI is InChI=1S/C41H27F2N3/c42-30-23-24-34(35(43)27-30)36-20-12-22-38(44-36)41(28-13-4-1-5-14-28,29-15-6-2-7-16-29)39-26-25-33-32-19-10-11-21-37(32)46(40(33)45-39)31-17-8-3-9-18-31/h1-27H. The van der Waals surface area contributed by atoms with Gasteiger partial charge >= 0.3 is 0 Å². The molecule has 3 nitrogen and oxygen atoms in total. The van der Waals surface area contributed by atoms with E-state index >= 15 is 4.39 Å². The molecule has 0 atom stereocenters. The first-order chi connectivity index (χ1) is 22.6. The Bertz CT molecular complexity index is 2290. The van der Waals surface area contributed by atoms with E-state index in [1.54, 1.807) is 6.07 Å². The summed E-state index contributed by atoms with van der Waals surface area (Å²) in [6, 6.07) is 52.3. The Kier molecular flexibility index (Phi) is 6.72. The van der Waals surface area contributed by atoms with E-state index in [-0.39, 0.29) is 5.56 Å². The minimum absolute atomic E-state index is 0.228. The van der Waals surface area contributed by atoms with Crippen LogP contribution in [-0.2, 0) is 5.41 Å². The maximum absolute atomic E-state index is 15.1. The molecular weight excluding hydrogens is 572 g/mol. The number of nitrogens with zero attached hydrogens (tertiary/aromatic N) is 3. The van der Waals surface area contributed by atoms with Crippen LogP contribution in [0.2, 0.25) is 0 Å². The number of para-hydroxylation sites is 2. The molecule has 3 heterocycles. The minimum Gasteiger partial charge on any atom is -0.294 e. The molecule has 0 fully saturated rings. The molecule has 0 radical (unpaired) electrons. The molecule has 5 aromatic carbocycles. The van der Waals surface area contributed by atoms with Crippen molar-refractivity contribution in [2.24, 2.45) is 0 Å². The van der Waals surface area contributed by atoms with Gasteiger partial charge < -0.3 is 0 Å². The van der Waals surface area contributed by atoms with Crippen molar-refractivity contribution in [3.05, 3.63) is 198 Å². The van der Waals surface area contributed by atoms with Crippen LogP contribution in [0.3, 0.4) is 0 Å². The second-order valence-corrected chi connectivity index (χ2v) is 11.3. The molecule has 0 bridgehead atoms. The molecule has 0 unspecified atom stereocenters. The van der Waals surface area contributed by atoms with Crippen LogP contribution in [0.15, 0.2) is 164 Å². The highest BCUT2D eigenvalue weighted by Crippen LogP contribution is 2.45. The summed E-state index contributed by atoms with van der Waals surface area (Å²) in [7, 11) is 0. The number of halogens is 2. The van der Waals surface area contributed by atoms with Crippen LogP contribution < -0.4 is 0 Å². The number of benzene rings is 5. The Morgan fingerprint density at radius 1 is 0.500 bits per heavy atom. The lowest BCUT2D eigenvalue weighted by Gasteiger charge is -2.35. The van der Waals surface area contributed by atoms with Crippen molar-refractivity contribution < 1.29 is 8.78 Å². The van der Waals surface area contributed by atoms with Gasteiger partial charge in [0.15, 0.2) is 0 Å². The zero-order valence-electron chi connectivity index (χ0n) is 24.7. The first-order valence-corrected chi connectivity index (χ1v) is 15.1. The average molecular weight is 600 g/mol. The number of aromatic nitrogens is 3. The van der Waals surface area contributed by atoms with Gasteiger partial charge in [-0.15, -0.1) is 0 Å². The van der Waals surface area contributed by atoms with Crippen LogP contribution in [-0.4, -0.2) is 14.5 Å². The fourth-order valence-corrected chi connectivity index (χ4v) is 6.64. The van der Waals surface area contributed by atoms with Gasteiger partial charge in [0.25, 0.3) is 0 Å². The summed E-state index contributed by atoms with van der Waals surface area (Å²) in [5.41, 5.74) is 5.89. The number of pyridine rings is 2. The SMILES string of the molecule is Fc1ccc(-c2cccc(C(c3ccccc3)(c3ccccc3)c3ccc4c5ccccc5n(-c5ccccc5)c4n3)n2)c(F)c1. The zero-order chi connectivity index (χ0) is 31.1. The van der Waals surface area contributed by atoms with Crippen molar-refractivity contribution in [3.63, 3.8) is 0 Å². The highest BCUT2D eigenvalue weighted by Gasteiger charge is 2.41. The lowest BCUT2D eigenvalue weighted by atomic mass is 9.69. The minimum atomic E-state index is -0.985. The summed E-state index contributed by atoms with van der Waals surface area (Å²) >= 11 is 0. The van der Waals surface area contributed by atoms with Crippen molar-refractivity contribution >= 4 is 21.9 Å². The molecule has 5 heteroatoms. The molecule has 0 aliphatic heterocycles. The number of hydrogen-bond donors (Lipinski definition) is 0. The number of rotatable bonds is 6. The molecule has 3 aromatic heterocycles. The van der Waals surface area contributed by atoms with Crippen LogP contribution in [0.1, 0.15) is 22.5 Å². The van der Waals surface area contributed by atoms with Crippen LogP contribution in [0.4, 0.5) is 8.78 Å². The average Bonchev–Trinajstić information content (AvgIpc) is 3.44. The summed E-state index contributed by atoms with van der Waals surface area (Å²) in [6.07, 6.45) is 0. The quantitative estimate of drug-likeness (QED) is 0.190. The highest BCUT2D eigenvalue weighted by molar-refractivity contribution is 6.08. The molecule has 0 spiro atoms. The Morgan fingerprint density at radius 3 is 1.83 bits per heavy atom. The largest absolute Gasteiger partial charge is 0.294 e. The Hall–Kier alpha value is -5.94. The number of hydrogen-bond acceptors (Lipinski definition) is 2. The van der Waals surface area contributed by atoms with E-state index in [4.69, 9.17) is 9.97 Å². The van der Waals surface area contributed by atoms with Gasteiger partial charge in [-0.1, -0.05) is 103 Å². The molecule has 46 heavy (non-hydrogen) atoms. The van der Waals surface area contributed by atoms with Gasteiger partial charge in [-0.2, -0.15) is 0 Å². The first kappa shape index (κ1) is 27.6. The Labute approximate surface area is 265 Å². The molecule has 0 aliphatic rings. The maximum atomic E-state index is 15.1. The predicted octanol–water partition coefficient (Wildman–Crippen LogP) is 9.90. The van der Waals surface area contributed by atoms with Gasteiger partial charge in [-0.3, -0.25) is 9.55 Å². The van der Waals surface area contributed by atoms with Crippen LogP contribution >= 0.6 is 0 Å². The third kappa shape index (κ3) is 4.39. The van der Waals surface area contributed by atoms with Gasteiger partial charge in [-0.25, -0.2) is 13.8 Å². The van der Waals surface area contributed by atoms with E-state index in [9.17, 15) is 4.39 Å². The summed E-state index contributed by atoms with van der Waals surface area (Å²) in [6.45, 7) is 0. The van der Waals surface area contributed by atoms with Crippen molar-refractivity contribution in [3.8, 4) is 16.9 Å². The second kappa shape index (κ2) is 11.2. The lowest BCUT2D eigenvalue weighted by Crippen LogP contribution is -2.33. The van der Waals surface area contributed by atoms with E-state index in [2.05, 4.69) is 65.2 Å². The normalized spacial score (nSPS) is 11.7. The third-order valence-electron chi connectivity index (χ3n) is 8.67. The van der Waals surface area contributed by atoms with Crippen molar-refractivity contribution in [2.45, 2.75) is 5.41 Å². The van der Waals surface area contributed by atoms with E-state index in [1.807, 2.05) is 78.9 Å². The second-order valence-electron chi connectivity index (χ2n) is 11.3. The van der Waals surface area contributed by atoms with E-state index in [0.29, 0.717) is 11.4 Å². The van der Waals surface area contributed by atoms with Gasteiger partial charge in [0.2, 0.25) is 0 Å². The van der Waals surface area contributed by atoms with Crippen molar-refractivity contribution in [2.75, 3.05) is 0 Å². The molecule has 8 rings (SSSR count). The monoisotopic (exact) mass is 599 g/mol. The molecule has 0 saturated heterocycles. The molecule has 8 aromatic rings. The first-order valence-electron chi connectivity index (χ1n) is 15.1. The van der Waals surface area contributed by atoms with Gasteiger partial charge in [0.05, 0.1) is 22.6 Å². The molecule has 0 amide bonds. The Morgan fingerprint density at radius 2 is 1.13 bits per heavy atom. The van der Waals surface area contributed by atoms with Crippen LogP contribution in [0.25, 0.3) is 38.9 Å². The summed E-state index contributed by atoms with van der Waals surface area (Å²) < 4.78 is 31.2. The topological polar surface area (TPSA) is 30.7 Å². The van der Waals surface area contributed by atoms with Gasteiger partial charge in [0, 0.05) is 28.1 Å². The summed E-state index contributed by atoms with van der Waals surface area (Å²) in [5.74, 6) is -1.30. The molecule has 0 N–H and O–H groups in total. The van der Waals surface area contributed by atoms with Gasteiger partial charge in [0.1, 0.15) is 22.7 Å². The van der Waals surface area contributed by atoms with Crippen LogP contribution in [0, 0.1) is 11.6 Å². The van der Waals surface area contributed by atoms with Gasteiger partial charge in [-0.05, 0) is 65.7 Å². The Balaban J connectivity index is 1.49. The lowest BCUT2D eigenvalue weighted by molar-refractivity contribution is 0.585. The molecule has 220 valence electrons. The van der Waals surface area contributed by atoms with E-state index in [0.717, 1.165) is 50.5 Å². The summed E-state index contributed by atoms with van der Waals surface area (Å²) in [4.78, 5) is 10.7. The predicted molar refractivity (Wildman–Crippen MR) is 180 cm³/mol. The smallest absolute Gasteiger partial charge is 0.145 e. The zero-order valence-corrected chi connectivity index (χ0v) is 24.7. The van der Waals surface area contributed by atoms with Crippen LogP contribution in [0.5, 0.6) is 0 Å². The maximum Gasteiger partial charge on any atom is 0.145 e. The molecular formula is C41H27F2N3. The molecule has 0 aliphatic carbocycles. The van der Waals surface area contributed by atoms with Crippen molar-refractivity contribution in [1.29, 1.82) is 0 Å². The van der Waals surface area contributed by atoms with E-state index < -0.39 is 17.0 Å². The third-order valence-corrected chi connectivity index (χ3v) is 8.67. The number of fused-ring (bicyclic) bond motifs is 3.